The predicted molar refractivity (Wildman–Crippen MR) is 112 cm³/mol. The number of carbonyl (C=O) groups excluding carboxylic acids is 1. The van der Waals surface area contributed by atoms with Crippen LogP contribution in [0, 0.1) is 11.3 Å². The standard InChI is InChI=1S/C23H26N4O2/c1-29-22-9-7-19(8-10-22)16-25-23(28)21(15-24)18-27-13-11-26(12-14-27)17-20-5-3-2-4-6-20/h2-10,18H,11-14,16-17H2,1H3,(H,25,28)/b21-18-. The number of hydrogen-bond donors (Lipinski definition) is 1. The van der Waals surface area contributed by atoms with Crippen LogP contribution in [0.2, 0.25) is 0 Å². The van der Waals surface area contributed by atoms with E-state index in [4.69, 9.17) is 4.74 Å². The average molecular weight is 390 g/mol. The van der Waals surface area contributed by atoms with Crippen LogP contribution in [0.4, 0.5) is 0 Å². The van der Waals surface area contributed by atoms with Crippen molar-refractivity contribution in [3.8, 4) is 11.8 Å². The first-order valence-corrected chi connectivity index (χ1v) is 9.71. The Morgan fingerprint density at radius 2 is 1.76 bits per heavy atom. The first kappa shape index (κ1) is 20.4. The molecule has 0 saturated carbocycles. The van der Waals surface area contributed by atoms with Crippen LogP contribution in [-0.2, 0) is 17.9 Å². The fourth-order valence-electron chi connectivity index (χ4n) is 3.23. The van der Waals surface area contributed by atoms with Crippen LogP contribution in [0.1, 0.15) is 11.1 Å². The monoisotopic (exact) mass is 390 g/mol. The maximum Gasteiger partial charge on any atom is 0.263 e. The van der Waals surface area contributed by atoms with E-state index in [1.54, 1.807) is 13.3 Å². The second kappa shape index (κ2) is 10.3. The van der Waals surface area contributed by atoms with E-state index in [1.165, 1.54) is 5.56 Å². The first-order chi connectivity index (χ1) is 14.2. The number of ether oxygens (including phenoxy) is 1. The summed E-state index contributed by atoms with van der Waals surface area (Å²) in [5.41, 5.74) is 2.38. The van der Waals surface area contributed by atoms with Crippen LogP contribution in [0.5, 0.6) is 5.75 Å². The van der Waals surface area contributed by atoms with E-state index >= 15 is 0 Å². The molecule has 3 rings (SSSR count). The molecule has 2 aromatic rings. The van der Waals surface area contributed by atoms with Crippen LogP contribution < -0.4 is 10.1 Å². The largest absolute Gasteiger partial charge is 0.497 e. The van der Waals surface area contributed by atoms with E-state index in [9.17, 15) is 10.1 Å². The lowest BCUT2D eigenvalue weighted by atomic mass is 10.2. The maximum absolute atomic E-state index is 12.4. The maximum atomic E-state index is 12.4. The van der Waals surface area contributed by atoms with E-state index in [0.29, 0.717) is 6.54 Å². The quantitative estimate of drug-likeness (QED) is 0.581. The lowest BCUT2D eigenvalue weighted by Crippen LogP contribution is -2.44. The third kappa shape index (κ3) is 6.09. The minimum absolute atomic E-state index is 0.134. The molecule has 0 atom stereocenters. The van der Waals surface area contributed by atoms with Gasteiger partial charge in [-0.15, -0.1) is 0 Å². The highest BCUT2D eigenvalue weighted by Crippen LogP contribution is 2.12. The van der Waals surface area contributed by atoms with Gasteiger partial charge in [-0.2, -0.15) is 5.26 Å². The van der Waals surface area contributed by atoms with Gasteiger partial charge < -0.3 is 15.0 Å². The van der Waals surface area contributed by atoms with Gasteiger partial charge in [0, 0.05) is 45.5 Å². The molecule has 0 radical (unpaired) electrons. The molecule has 6 nitrogen and oxygen atoms in total. The summed E-state index contributed by atoms with van der Waals surface area (Å²) >= 11 is 0. The van der Waals surface area contributed by atoms with Gasteiger partial charge in [-0.3, -0.25) is 9.69 Å². The molecule has 1 heterocycles. The Hall–Kier alpha value is -3.30. The van der Waals surface area contributed by atoms with Crippen LogP contribution >= 0.6 is 0 Å². The number of amides is 1. The minimum atomic E-state index is -0.352. The molecule has 1 fully saturated rings. The van der Waals surface area contributed by atoms with Crippen molar-refractivity contribution in [3.63, 3.8) is 0 Å². The van der Waals surface area contributed by atoms with Gasteiger partial charge >= 0.3 is 0 Å². The zero-order valence-corrected chi connectivity index (χ0v) is 16.7. The second-order valence-corrected chi connectivity index (χ2v) is 6.98. The third-order valence-electron chi connectivity index (χ3n) is 4.94. The van der Waals surface area contributed by atoms with Crippen molar-refractivity contribution in [2.75, 3.05) is 33.3 Å². The summed E-state index contributed by atoms with van der Waals surface area (Å²) < 4.78 is 5.13. The number of rotatable bonds is 7. The number of nitriles is 1. The molecule has 29 heavy (non-hydrogen) atoms. The molecule has 1 saturated heterocycles. The lowest BCUT2D eigenvalue weighted by Gasteiger charge is -2.34. The number of carbonyl (C=O) groups is 1. The summed E-state index contributed by atoms with van der Waals surface area (Å²) in [5.74, 6) is 0.416. The summed E-state index contributed by atoms with van der Waals surface area (Å²) in [6, 6.07) is 19.9. The predicted octanol–water partition coefficient (Wildman–Crippen LogP) is 2.54. The fraction of sp³-hybridized carbons (Fsp3) is 0.304. The minimum Gasteiger partial charge on any atom is -0.497 e. The molecule has 1 amide bonds. The number of piperazine rings is 1. The Morgan fingerprint density at radius 1 is 1.07 bits per heavy atom. The summed E-state index contributed by atoms with van der Waals surface area (Å²) in [6.07, 6.45) is 1.68. The first-order valence-electron chi connectivity index (χ1n) is 9.71. The van der Waals surface area contributed by atoms with Gasteiger partial charge in [-0.05, 0) is 23.3 Å². The van der Waals surface area contributed by atoms with Gasteiger partial charge in [0.2, 0.25) is 0 Å². The number of hydrogen-bond acceptors (Lipinski definition) is 5. The van der Waals surface area contributed by atoms with Crippen molar-refractivity contribution in [1.29, 1.82) is 5.26 Å². The Morgan fingerprint density at radius 3 is 2.38 bits per heavy atom. The second-order valence-electron chi connectivity index (χ2n) is 6.98. The SMILES string of the molecule is COc1ccc(CNC(=O)/C(C#N)=C\N2CCN(Cc3ccccc3)CC2)cc1. The topological polar surface area (TPSA) is 68.6 Å². The van der Waals surface area contributed by atoms with Crippen LogP contribution in [-0.4, -0.2) is 49.0 Å². The van der Waals surface area contributed by atoms with Crippen LogP contribution in [0.15, 0.2) is 66.4 Å². The van der Waals surface area contributed by atoms with Crippen molar-refractivity contribution >= 4 is 5.91 Å². The van der Waals surface area contributed by atoms with Gasteiger partial charge in [0.15, 0.2) is 0 Å². The molecule has 0 unspecified atom stereocenters. The molecular formula is C23H26N4O2. The van der Waals surface area contributed by atoms with Crippen LogP contribution in [0.3, 0.4) is 0 Å². The molecule has 1 N–H and O–H groups in total. The van der Waals surface area contributed by atoms with Gasteiger partial charge in [-0.25, -0.2) is 0 Å². The highest BCUT2D eigenvalue weighted by molar-refractivity contribution is 5.97. The zero-order valence-electron chi connectivity index (χ0n) is 16.7. The van der Waals surface area contributed by atoms with Gasteiger partial charge in [-0.1, -0.05) is 42.5 Å². The van der Waals surface area contributed by atoms with E-state index in [-0.39, 0.29) is 11.5 Å². The molecule has 1 aliphatic heterocycles. The molecule has 2 aromatic carbocycles. The Kier molecular flexibility index (Phi) is 7.26. The Bertz CT molecular complexity index is 864. The van der Waals surface area contributed by atoms with Crippen molar-refractivity contribution < 1.29 is 9.53 Å². The van der Waals surface area contributed by atoms with E-state index in [0.717, 1.165) is 44.0 Å². The highest BCUT2D eigenvalue weighted by atomic mass is 16.5. The van der Waals surface area contributed by atoms with Gasteiger partial charge in [0.1, 0.15) is 17.4 Å². The summed E-state index contributed by atoms with van der Waals surface area (Å²) in [6.45, 7) is 4.68. The number of benzene rings is 2. The van der Waals surface area contributed by atoms with E-state index in [2.05, 4.69) is 34.5 Å². The molecule has 0 aromatic heterocycles. The van der Waals surface area contributed by atoms with E-state index < -0.39 is 0 Å². The van der Waals surface area contributed by atoms with Crippen molar-refractivity contribution in [2.24, 2.45) is 0 Å². The fourth-order valence-corrected chi connectivity index (χ4v) is 3.23. The Balaban J connectivity index is 1.49. The molecule has 0 spiro atoms. The highest BCUT2D eigenvalue weighted by Gasteiger charge is 2.17. The van der Waals surface area contributed by atoms with E-state index in [1.807, 2.05) is 41.3 Å². The summed E-state index contributed by atoms with van der Waals surface area (Å²) in [4.78, 5) is 16.8. The molecule has 1 aliphatic rings. The normalized spacial score (nSPS) is 14.9. The van der Waals surface area contributed by atoms with Gasteiger partial charge in [0.25, 0.3) is 5.91 Å². The Labute approximate surface area is 172 Å². The van der Waals surface area contributed by atoms with Crippen molar-refractivity contribution in [2.45, 2.75) is 13.1 Å². The lowest BCUT2D eigenvalue weighted by molar-refractivity contribution is -0.117. The molecular weight excluding hydrogens is 364 g/mol. The average Bonchev–Trinajstić information content (AvgIpc) is 2.78. The number of nitrogens with zero attached hydrogens (tertiary/aromatic N) is 3. The molecule has 0 bridgehead atoms. The number of methoxy groups -OCH3 is 1. The van der Waals surface area contributed by atoms with Gasteiger partial charge in [0.05, 0.1) is 7.11 Å². The third-order valence-corrected chi connectivity index (χ3v) is 4.94. The van der Waals surface area contributed by atoms with Crippen molar-refractivity contribution in [3.05, 3.63) is 77.5 Å². The van der Waals surface area contributed by atoms with Crippen molar-refractivity contribution in [1.82, 2.24) is 15.1 Å². The van der Waals surface area contributed by atoms with Crippen LogP contribution in [0.25, 0.3) is 0 Å². The summed E-state index contributed by atoms with van der Waals surface area (Å²) in [5, 5.41) is 12.2. The zero-order chi connectivity index (χ0) is 20.5. The molecule has 150 valence electrons. The molecule has 6 heteroatoms. The summed E-state index contributed by atoms with van der Waals surface area (Å²) in [7, 11) is 1.61. The molecule has 0 aliphatic carbocycles. The number of nitrogens with one attached hydrogen (secondary N) is 1. The smallest absolute Gasteiger partial charge is 0.263 e.